The Kier molecular flexibility index (Phi) is 2.86. The Bertz CT molecular complexity index is 445. The summed E-state index contributed by atoms with van der Waals surface area (Å²) >= 11 is 0. The molecule has 0 atom stereocenters. The van der Waals surface area contributed by atoms with Gasteiger partial charge >= 0.3 is 0 Å². The highest BCUT2D eigenvalue weighted by Gasteiger charge is 1.92. The minimum absolute atomic E-state index is 0.190. The number of nitrogens with one attached hydrogen (secondary N) is 1. The molecule has 3 heteroatoms. The number of hydrogen-bond donors (Lipinski definition) is 1. The van der Waals surface area contributed by atoms with Crippen LogP contribution in [-0.2, 0) is 6.42 Å². The molecule has 15 heavy (non-hydrogen) atoms. The minimum Gasteiger partial charge on any atom is -0.383 e. The molecular formula is C12H13N3. The number of aromatic nitrogens is 2. The fourth-order valence-corrected chi connectivity index (χ4v) is 1.35. The van der Waals surface area contributed by atoms with Crippen LogP contribution in [0.1, 0.15) is 6.93 Å². The van der Waals surface area contributed by atoms with Crippen LogP contribution in [-0.4, -0.2) is 16.7 Å². The summed E-state index contributed by atoms with van der Waals surface area (Å²) < 4.78 is 7.52. The van der Waals surface area contributed by atoms with Crippen LogP contribution in [0.5, 0.6) is 0 Å². The number of anilines is 1. The molecule has 0 spiro atoms. The summed E-state index contributed by atoms with van der Waals surface area (Å²) in [5.74, 6) is 0. The van der Waals surface area contributed by atoms with Gasteiger partial charge in [-0.15, -0.1) is 0 Å². The first-order valence-corrected chi connectivity index (χ1v) is 4.92. The molecule has 1 N–H and O–H groups in total. The van der Waals surface area contributed by atoms with E-state index in [2.05, 4.69) is 27.6 Å². The second-order valence-corrected chi connectivity index (χ2v) is 3.22. The van der Waals surface area contributed by atoms with Crippen molar-refractivity contribution in [2.75, 3.05) is 11.9 Å². The van der Waals surface area contributed by atoms with Gasteiger partial charge in [0.15, 0.2) is 0 Å². The third-order valence-corrected chi connectivity index (χ3v) is 2.11. The Morgan fingerprint density at radius 1 is 1.13 bits per heavy atom. The van der Waals surface area contributed by atoms with Gasteiger partial charge in [-0.1, -0.05) is 30.3 Å². The molecule has 76 valence electrons. The standard InChI is InChI=1S/C12H13N3/c1-2-4-11(5-3-1)6-8-13-12-7-9-14-15-10-12/h1-5,7,9-10H,6,8H2,(H,13,14)/i10D. The third-order valence-electron chi connectivity index (χ3n) is 2.11. The molecule has 3 nitrogen and oxygen atoms in total. The van der Waals surface area contributed by atoms with E-state index in [1.54, 1.807) is 12.3 Å². The Balaban J connectivity index is 1.87. The summed E-state index contributed by atoms with van der Waals surface area (Å²) in [4.78, 5) is 0. The van der Waals surface area contributed by atoms with Gasteiger partial charge in [-0.3, -0.25) is 0 Å². The van der Waals surface area contributed by atoms with E-state index >= 15 is 0 Å². The molecule has 0 saturated carbocycles. The highest BCUT2D eigenvalue weighted by atomic mass is 15.1. The molecule has 0 fully saturated rings. The number of hydrogen-bond acceptors (Lipinski definition) is 3. The van der Waals surface area contributed by atoms with Crippen molar-refractivity contribution in [3.05, 3.63) is 54.3 Å². The third kappa shape index (κ3) is 3.06. The average Bonchev–Trinajstić information content (AvgIpc) is 2.33. The maximum Gasteiger partial charge on any atom is 0.0882 e. The lowest BCUT2D eigenvalue weighted by molar-refractivity contribution is 0.992. The number of nitrogens with zero attached hydrogens (tertiary/aromatic N) is 2. The van der Waals surface area contributed by atoms with Crippen LogP contribution in [0.2, 0.25) is 0 Å². The van der Waals surface area contributed by atoms with Crippen molar-refractivity contribution >= 4 is 5.69 Å². The van der Waals surface area contributed by atoms with Crippen LogP contribution < -0.4 is 5.32 Å². The second-order valence-electron chi connectivity index (χ2n) is 3.22. The molecule has 0 aliphatic carbocycles. The van der Waals surface area contributed by atoms with Gasteiger partial charge in [0.05, 0.1) is 19.4 Å². The topological polar surface area (TPSA) is 37.8 Å². The van der Waals surface area contributed by atoms with Gasteiger partial charge in [0.25, 0.3) is 0 Å². The van der Waals surface area contributed by atoms with E-state index in [1.807, 2.05) is 18.2 Å². The molecule has 0 radical (unpaired) electrons. The van der Waals surface area contributed by atoms with Gasteiger partial charge in [-0.25, -0.2) is 0 Å². The molecule has 1 heterocycles. The molecular weight excluding hydrogens is 186 g/mol. The van der Waals surface area contributed by atoms with Crippen LogP contribution >= 0.6 is 0 Å². The van der Waals surface area contributed by atoms with E-state index in [1.165, 1.54) is 5.56 Å². The smallest absolute Gasteiger partial charge is 0.0882 e. The van der Waals surface area contributed by atoms with E-state index in [0.717, 1.165) is 18.7 Å². The van der Waals surface area contributed by atoms with E-state index in [4.69, 9.17) is 1.37 Å². The predicted molar refractivity (Wildman–Crippen MR) is 60.7 cm³/mol. The van der Waals surface area contributed by atoms with Crippen molar-refractivity contribution in [2.45, 2.75) is 6.42 Å². The van der Waals surface area contributed by atoms with Gasteiger partial charge < -0.3 is 5.32 Å². The van der Waals surface area contributed by atoms with Crippen molar-refractivity contribution in [3.63, 3.8) is 0 Å². The van der Waals surface area contributed by atoms with Crippen molar-refractivity contribution in [3.8, 4) is 0 Å². The molecule has 1 aromatic heterocycles. The number of benzene rings is 1. The van der Waals surface area contributed by atoms with Gasteiger partial charge in [0.2, 0.25) is 0 Å². The lowest BCUT2D eigenvalue weighted by Crippen LogP contribution is -2.04. The lowest BCUT2D eigenvalue weighted by Gasteiger charge is -2.04. The Morgan fingerprint density at radius 3 is 2.80 bits per heavy atom. The maximum atomic E-state index is 7.52. The van der Waals surface area contributed by atoms with Crippen molar-refractivity contribution in [1.29, 1.82) is 0 Å². The summed E-state index contributed by atoms with van der Waals surface area (Å²) in [6.07, 6.45) is 2.71. The zero-order chi connectivity index (χ0) is 11.2. The first-order chi connectivity index (χ1) is 7.86. The van der Waals surface area contributed by atoms with Crippen molar-refractivity contribution in [2.24, 2.45) is 0 Å². The van der Waals surface area contributed by atoms with Crippen LogP contribution in [0.25, 0.3) is 0 Å². The SMILES string of the molecule is [2H]c1nnccc1NCCc1ccccc1. The van der Waals surface area contributed by atoms with E-state index < -0.39 is 0 Å². The highest BCUT2D eigenvalue weighted by Crippen LogP contribution is 2.03. The molecule has 0 unspecified atom stereocenters. The van der Waals surface area contributed by atoms with E-state index in [0.29, 0.717) is 0 Å². The van der Waals surface area contributed by atoms with Gasteiger partial charge in [0, 0.05) is 6.54 Å². The summed E-state index contributed by atoms with van der Waals surface area (Å²) in [6.45, 7) is 0.793. The van der Waals surface area contributed by atoms with Crippen LogP contribution in [0.4, 0.5) is 5.69 Å². The first-order valence-electron chi connectivity index (χ1n) is 5.42. The predicted octanol–water partition coefficient (Wildman–Crippen LogP) is 2.13. The summed E-state index contributed by atoms with van der Waals surface area (Å²) in [5, 5.41) is 10.5. The Labute approximate surface area is 90.6 Å². The van der Waals surface area contributed by atoms with Crippen LogP contribution in [0, 0.1) is 0 Å². The van der Waals surface area contributed by atoms with E-state index in [9.17, 15) is 0 Å². The zero-order valence-corrected chi connectivity index (χ0v) is 8.35. The normalized spacial score (nSPS) is 10.8. The largest absolute Gasteiger partial charge is 0.383 e. The maximum absolute atomic E-state index is 7.52. The molecule has 1 aromatic carbocycles. The second kappa shape index (κ2) is 5.10. The molecule has 2 rings (SSSR count). The van der Waals surface area contributed by atoms with Gasteiger partial charge in [-0.2, -0.15) is 10.2 Å². The fraction of sp³-hybridized carbons (Fsp3) is 0.167. The lowest BCUT2D eigenvalue weighted by atomic mass is 10.1. The monoisotopic (exact) mass is 200 g/mol. The Morgan fingerprint density at radius 2 is 2.00 bits per heavy atom. The van der Waals surface area contributed by atoms with Gasteiger partial charge in [-0.05, 0) is 18.1 Å². The van der Waals surface area contributed by atoms with Crippen molar-refractivity contribution < 1.29 is 1.37 Å². The summed E-state index contributed by atoms with van der Waals surface area (Å²) in [6, 6.07) is 12.0. The first kappa shape index (κ1) is 8.41. The minimum atomic E-state index is 0.190. The quantitative estimate of drug-likeness (QED) is 0.821. The molecule has 0 bridgehead atoms. The van der Waals surface area contributed by atoms with Crippen LogP contribution in [0.3, 0.4) is 0 Å². The molecule has 2 aromatic rings. The molecule has 0 aliphatic rings. The Hall–Kier alpha value is -1.90. The molecule has 0 saturated heterocycles. The van der Waals surface area contributed by atoms with E-state index in [-0.39, 0.29) is 6.17 Å². The summed E-state index contributed by atoms with van der Waals surface area (Å²) in [5.41, 5.74) is 2.01. The van der Waals surface area contributed by atoms with Crippen molar-refractivity contribution in [1.82, 2.24) is 10.2 Å². The molecule has 0 aliphatic heterocycles. The number of rotatable bonds is 4. The highest BCUT2D eigenvalue weighted by molar-refractivity contribution is 5.38. The zero-order valence-electron chi connectivity index (χ0n) is 9.35. The van der Waals surface area contributed by atoms with Crippen LogP contribution in [0.15, 0.2) is 48.8 Å². The molecule has 0 amide bonds. The fourth-order valence-electron chi connectivity index (χ4n) is 1.35. The average molecular weight is 200 g/mol. The summed E-state index contributed by atoms with van der Waals surface area (Å²) in [7, 11) is 0. The van der Waals surface area contributed by atoms with Gasteiger partial charge in [0.1, 0.15) is 0 Å².